The SMILES string of the molecule is NCCC(F)c1ccc([N+](=O)[O-])c(F)c1. The first-order valence-electron chi connectivity index (χ1n) is 4.34. The quantitative estimate of drug-likeness (QED) is 0.618. The van der Waals surface area contributed by atoms with Gasteiger partial charge in [0.25, 0.3) is 0 Å². The Hall–Kier alpha value is -1.56. The van der Waals surface area contributed by atoms with E-state index in [9.17, 15) is 18.9 Å². The Bertz CT molecular complexity index is 371. The van der Waals surface area contributed by atoms with Crippen molar-refractivity contribution < 1.29 is 13.7 Å². The van der Waals surface area contributed by atoms with Crippen molar-refractivity contribution in [2.45, 2.75) is 12.6 Å². The predicted octanol–water partition coefficient (Wildman–Crippen LogP) is 2.09. The molecule has 1 atom stereocenters. The van der Waals surface area contributed by atoms with Crippen LogP contribution in [0, 0.1) is 15.9 Å². The Morgan fingerprint density at radius 3 is 2.67 bits per heavy atom. The molecule has 0 spiro atoms. The Morgan fingerprint density at radius 1 is 1.53 bits per heavy atom. The van der Waals surface area contributed by atoms with Crippen LogP contribution in [0.15, 0.2) is 18.2 Å². The van der Waals surface area contributed by atoms with Gasteiger partial charge in [0.05, 0.1) is 4.92 Å². The highest BCUT2D eigenvalue weighted by molar-refractivity contribution is 5.35. The minimum Gasteiger partial charge on any atom is -0.330 e. The summed E-state index contributed by atoms with van der Waals surface area (Å²) in [6, 6.07) is 2.98. The number of nitro benzene ring substituents is 1. The minimum absolute atomic E-state index is 0.0667. The first-order valence-corrected chi connectivity index (χ1v) is 4.34. The number of hydrogen-bond donors (Lipinski definition) is 1. The molecule has 4 nitrogen and oxygen atoms in total. The molecular formula is C9H10F2N2O2. The monoisotopic (exact) mass is 216 g/mol. The molecule has 2 N–H and O–H groups in total. The fraction of sp³-hybridized carbons (Fsp3) is 0.333. The zero-order valence-corrected chi connectivity index (χ0v) is 7.82. The Kier molecular flexibility index (Phi) is 3.68. The lowest BCUT2D eigenvalue weighted by Gasteiger charge is -2.06. The third-order valence-electron chi connectivity index (χ3n) is 1.95. The summed E-state index contributed by atoms with van der Waals surface area (Å²) in [6.45, 7) is 0.139. The van der Waals surface area contributed by atoms with Crippen molar-refractivity contribution >= 4 is 5.69 Å². The van der Waals surface area contributed by atoms with Gasteiger partial charge in [-0.15, -0.1) is 0 Å². The Morgan fingerprint density at radius 2 is 2.20 bits per heavy atom. The Balaban J connectivity index is 2.96. The maximum atomic E-state index is 13.2. The van der Waals surface area contributed by atoms with E-state index in [1.165, 1.54) is 6.07 Å². The number of rotatable bonds is 4. The molecule has 0 aliphatic rings. The van der Waals surface area contributed by atoms with Crippen molar-refractivity contribution in [2.24, 2.45) is 5.73 Å². The van der Waals surface area contributed by atoms with Gasteiger partial charge in [-0.25, -0.2) is 4.39 Å². The van der Waals surface area contributed by atoms with Crippen LogP contribution in [-0.2, 0) is 0 Å². The fourth-order valence-electron chi connectivity index (χ4n) is 1.18. The highest BCUT2D eigenvalue weighted by Crippen LogP contribution is 2.25. The van der Waals surface area contributed by atoms with Crippen LogP contribution < -0.4 is 5.73 Å². The van der Waals surface area contributed by atoms with Crippen molar-refractivity contribution in [1.29, 1.82) is 0 Å². The van der Waals surface area contributed by atoms with Crippen LogP contribution in [0.3, 0.4) is 0 Å². The summed E-state index contributed by atoms with van der Waals surface area (Å²) >= 11 is 0. The van der Waals surface area contributed by atoms with Crippen molar-refractivity contribution in [3.63, 3.8) is 0 Å². The number of hydrogen-bond acceptors (Lipinski definition) is 3. The van der Waals surface area contributed by atoms with E-state index in [1.807, 2.05) is 0 Å². The van der Waals surface area contributed by atoms with Crippen molar-refractivity contribution in [2.75, 3.05) is 6.54 Å². The lowest BCUT2D eigenvalue weighted by Crippen LogP contribution is -2.04. The first kappa shape index (κ1) is 11.5. The number of halogens is 2. The van der Waals surface area contributed by atoms with Gasteiger partial charge in [-0.1, -0.05) is 0 Å². The molecule has 0 aliphatic carbocycles. The van der Waals surface area contributed by atoms with Crippen molar-refractivity contribution in [1.82, 2.24) is 0 Å². The molecule has 0 bridgehead atoms. The highest BCUT2D eigenvalue weighted by Gasteiger charge is 2.17. The van der Waals surface area contributed by atoms with Crippen LogP contribution in [0.25, 0.3) is 0 Å². The molecule has 0 saturated heterocycles. The van der Waals surface area contributed by atoms with E-state index in [2.05, 4.69) is 0 Å². The third-order valence-corrected chi connectivity index (χ3v) is 1.95. The van der Waals surface area contributed by atoms with Crippen molar-refractivity contribution in [3.05, 3.63) is 39.7 Å². The van der Waals surface area contributed by atoms with Gasteiger partial charge >= 0.3 is 5.69 Å². The van der Waals surface area contributed by atoms with E-state index in [-0.39, 0.29) is 18.5 Å². The van der Waals surface area contributed by atoms with Gasteiger partial charge in [-0.2, -0.15) is 4.39 Å². The average Bonchev–Trinajstić information content (AvgIpc) is 2.17. The van der Waals surface area contributed by atoms with Crippen LogP contribution in [0.1, 0.15) is 18.2 Å². The number of nitro groups is 1. The minimum atomic E-state index is -1.38. The number of nitrogens with two attached hydrogens (primary N) is 1. The lowest BCUT2D eigenvalue weighted by atomic mass is 10.1. The van der Waals surface area contributed by atoms with Crippen molar-refractivity contribution in [3.8, 4) is 0 Å². The molecule has 0 amide bonds. The van der Waals surface area contributed by atoms with Gasteiger partial charge in [0, 0.05) is 6.07 Å². The highest BCUT2D eigenvalue weighted by atomic mass is 19.1. The van der Waals surface area contributed by atoms with Gasteiger partial charge in [0.1, 0.15) is 6.17 Å². The van der Waals surface area contributed by atoms with Gasteiger partial charge < -0.3 is 5.73 Å². The zero-order valence-electron chi connectivity index (χ0n) is 7.82. The van der Waals surface area contributed by atoms with Crippen LogP contribution in [0.5, 0.6) is 0 Å². The second kappa shape index (κ2) is 4.79. The van der Waals surface area contributed by atoms with Crippen LogP contribution >= 0.6 is 0 Å². The molecule has 1 unspecified atom stereocenters. The smallest absolute Gasteiger partial charge is 0.304 e. The largest absolute Gasteiger partial charge is 0.330 e. The van der Waals surface area contributed by atoms with E-state index < -0.39 is 22.6 Å². The normalized spacial score (nSPS) is 12.5. The summed E-state index contributed by atoms with van der Waals surface area (Å²) in [5.41, 5.74) is 4.56. The van der Waals surface area contributed by atoms with E-state index in [0.29, 0.717) is 0 Å². The first-order chi connectivity index (χ1) is 7.06. The summed E-state index contributed by atoms with van der Waals surface area (Å²) in [7, 11) is 0. The summed E-state index contributed by atoms with van der Waals surface area (Å²) in [4.78, 5) is 9.43. The van der Waals surface area contributed by atoms with E-state index in [1.54, 1.807) is 0 Å². The lowest BCUT2D eigenvalue weighted by molar-refractivity contribution is -0.387. The molecule has 0 aromatic heterocycles. The second-order valence-corrected chi connectivity index (χ2v) is 3.01. The molecule has 1 aromatic carbocycles. The van der Waals surface area contributed by atoms with Gasteiger partial charge in [-0.3, -0.25) is 10.1 Å². The third kappa shape index (κ3) is 2.69. The molecule has 0 heterocycles. The number of alkyl halides is 1. The summed E-state index contributed by atoms with van der Waals surface area (Å²) in [5, 5.41) is 10.3. The van der Waals surface area contributed by atoms with Gasteiger partial charge in [0.15, 0.2) is 0 Å². The van der Waals surface area contributed by atoms with E-state index in [0.717, 1.165) is 12.1 Å². The second-order valence-electron chi connectivity index (χ2n) is 3.01. The molecule has 0 fully saturated rings. The number of benzene rings is 1. The molecule has 0 aliphatic heterocycles. The Labute approximate surface area is 84.9 Å². The number of nitrogens with zero attached hydrogens (tertiary/aromatic N) is 1. The topological polar surface area (TPSA) is 69.2 Å². The van der Waals surface area contributed by atoms with Gasteiger partial charge in [-0.05, 0) is 30.7 Å². The maximum absolute atomic E-state index is 13.2. The zero-order chi connectivity index (χ0) is 11.4. The standard InChI is InChI=1S/C9H10F2N2O2/c10-7(3-4-12)6-1-2-9(13(14)15)8(11)5-6/h1-2,5,7H,3-4,12H2. The molecule has 1 aromatic rings. The predicted molar refractivity (Wildman–Crippen MR) is 50.6 cm³/mol. The maximum Gasteiger partial charge on any atom is 0.304 e. The fourth-order valence-corrected chi connectivity index (χ4v) is 1.18. The van der Waals surface area contributed by atoms with Gasteiger partial charge in [0.2, 0.25) is 5.82 Å². The molecule has 82 valence electrons. The van der Waals surface area contributed by atoms with Crippen LogP contribution in [0.2, 0.25) is 0 Å². The van der Waals surface area contributed by atoms with E-state index in [4.69, 9.17) is 5.73 Å². The molecular weight excluding hydrogens is 206 g/mol. The summed E-state index contributed by atoms with van der Waals surface area (Å²) < 4.78 is 26.3. The van der Waals surface area contributed by atoms with Crippen LogP contribution in [0.4, 0.5) is 14.5 Å². The molecule has 0 radical (unpaired) electrons. The van der Waals surface area contributed by atoms with Crippen LogP contribution in [-0.4, -0.2) is 11.5 Å². The molecule has 0 saturated carbocycles. The molecule has 6 heteroatoms. The molecule has 15 heavy (non-hydrogen) atoms. The summed E-state index contributed by atoms with van der Waals surface area (Å²) in [5.74, 6) is -1.03. The van der Waals surface area contributed by atoms with E-state index >= 15 is 0 Å². The summed E-state index contributed by atoms with van der Waals surface area (Å²) in [6.07, 6.45) is -1.32. The average molecular weight is 216 g/mol. The molecule has 1 rings (SSSR count).